The molecule has 0 saturated carbocycles. The van der Waals surface area contributed by atoms with Gasteiger partial charge in [0.05, 0.1) is 25.7 Å². The molecule has 0 radical (unpaired) electrons. The third-order valence-corrected chi connectivity index (χ3v) is 5.45. The first kappa shape index (κ1) is 15.7. The van der Waals surface area contributed by atoms with Crippen LogP contribution in [0.5, 0.6) is 0 Å². The van der Waals surface area contributed by atoms with Gasteiger partial charge < -0.3 is 14.6 Å². The van der Waals surface area contributed by atoms with E-state index in [1.165, 1.54) is 5.39 Å². The Morgan fingerprint density at radius 3 is 2.96 bits per heavy atom. The second-order valence-corrected chi connectivity index (χ2v) is 7.25. The van der Waals surface area contributed by atoms with Gasteiger partial charge in [0.15, 0.2) is 0 Å². The predicted octanol–water partition coefficient (Wildman–Crippen LogP) is 1.81. The van der Waals surface area contributed by atoms with Gasteiger partial charge in [-0.05, 0) is 25.6 Å². The maximum Gasteiger partial charge on any atom is 0.227 e. The minimum Gasteiger partial charge on any atom is -0.379 e. The fourth-order valence-electron chi connectivity index (χ4n) is 4.08. The fourth-order valence-corrected chi connectivity index (χ4v) is 4.08. The van der Waals surface area contributed by atoms with Crippen LogP contribution in [-0.4, -0.2) is 66.6 Å². The number of likely N-dealkylation sites (N-methyl/N-ethyl adjacent to an activating group) is 1. The normalized spacial score (nSPS) is 25.0. The molecule has 2 aliphatic rings. The van der Waals surface area contributed by atoms with E-state index in [0.717, 1.165) is 49.6 Å². The fraction of sp³-hybridized carbons (Fsp3) is 0.526. The van der Waals surface area contributed by atoms with Gasteiger partial charge in [-0.2, -0.15) is 0 Å². The highest BCUT2D eigenvalue weighted by Crippen LogP contribution is 2.24. The summed E-state index contributed by atoms with van der Waals surface area (Å²) in [5.74, 6) is 0.644. The first-order chi connectivity index (χ1) is 11.6. The van der Waals surface area contributed by atoms with Crippen LogP contribution in [-0.2, 0) is 16.0 Å². The van der Waals surface area contributed by atoms with Crippen LogP contribution in [0.15, 0.2) is 24.3 Å². The van der Waals surface area contributed by atoms with Crippen molar-refractivity contribution < 1.29 is 9.53 Å². The molecule has 2 saturated heterocycles. The molecule has 3 heterocycles. The molecular formula is C19H25N3O2. The van der Waals surface area contributed by atoms with Crippen molar-refractivity contribution >= 4 is 16.8 Å². The van der Waals surface area contributed by atoms with Crippen LogP contribution < -0.4 is 0 Å². The molecule has 24 heavy (non-hydrogen) atoms. The van der Waals surface area contributed by atoms with Gasteiger partial charge in [0, 0.05) is 42.1 Å². The van der Waals surface area contributed by atoms with Crippen LogP contribution in [0.3, 0.4) is 0 Å². The molecule has 5 nitrogen and oxygen atoms in total. The standard InChI is InChI=1S/C19H25N3O2/c1-13-17(16-5-3-4-6-18(16)20-13)7-19(23)22-9-14-8-21(2)15(10-22)12-24-11-14/h3-6,14-15,20H,7-12H2,1-2H3/t14-,15+/m1/s1. The van der Waals surface area contributed by atoms with E-state index in [0.29, 0.717) is 18.4 Å². The number of fused-ring (bicyclic) bond motifs is 4. The van der Waals surface area contributed by atoms with Crippen molar-refractivity contribution in [3.8, 4) is 0 Å². The van der Waals surface area contributed by atoms with Crippen molar-refractivity contribution in [1.29, 1.82) is 0 Å². The molecular weight excluding hydrogens is 302 g/mol. The monoisotopic (exact) mass is 327 g/mol. The van der Waals surface area contributed by atoms with Crippen molar-refractivity contribution in [3.63, 3.8) is 0 Å². The first-order valence-corrected chi connectivity index (χ1v) is 8.73. The van der Waals surface area contributed by atoms with Crippen molar-refractivity contribution in [2.75, 3.05) is 39.9 Å². The third kappa shape index (κ3) is 2.82. The van der Waals surface area contributed by atoms with Crippen LogP contribution in [0.25, 0.3) is 10.9 Å². The lowest BCUT2D eigenvalue weighted by Gasteiger charge is -2.30. The van der Waals surface area contributed by atoms with E-state index < -0.39 is 0 Å². The van der Waals surface area contributed by atoms with Gasteiger partial charge in [0.1, 0.15) is 0 Å². The van der Waals surface area contributed by atoms with Gasteiger partial charge >= 0.3 is 0 Å². The summed E-state index contributed by atoms with van der Waals surface area (Å²) < 4.78 is 5.76. The number of aromatic nitrogens is 1. The summed E-state index contributed by atoms with van der Waals surface area (Å²) in [5.41, 5.74) is 3.34. The maximum atomic E-state index is 13.0. The highest BCUT2D eigenvalue weighted by molar-refractivity contribution is 5.90. The Balaban J connectivity index is 1.56. The SMILES string of the molecule is Cc1[nH]c2ccccc2c1CC(=O)N1C[C@@H]2COC[C@H](C1)N(C)C2. The summed E-state index contributed by atoms with van der Waals surface area (Å²) in [6, 6.07) is 8.53. The zero-order chi connectivity index (χ0) is 16.7. The number of H-pyrrole nitrogens is 1. The Bertz CT molecular complexity index is 754. The molecule has 0 spiro atoms. The quantitative estimate of drug-likeness (QED) is 0.915. The second kappa shape index (κ2) is 6.22. The lowest BCUT2D eigenvalue weighted by atomic mass is 10.1. The summed E-state index contributed by atoms with van der Waals surface area (Å²) >= 11 is 0. The van der Waals surface area contributed by atoms with Crippen LogP contribution in [0, 0.1) is 12.8 Å². The Kier molecular flexibility index (Phi) is 4.06. The van der Waals surface area contributed by atoms with Crippen molar-refractivity contribution in [3.05, 3.63) is 35.5 Å². The van der Waals surface area contributed by atoms with Crippen molar-refractivity contribution in [2.24, 2.45) is 5.92 Å². The number of nitrogens with one attached hydrogen (secondary N) is 1. The molecule has 1 amide bonds. The second-order valence-electron chi connectivity index (χ2n) is 7.25. The van der Waals surface area contributed by atoms with E-state index in [1.54, 1.807) is 0 Å². The van der Waals surface area contributed by atoms with E-state index in [1.807, 2.05) is 12.1 Å². The average Bonchev–Trinajstić information content (AvgIpc) is 2.67. The Morgan fingerprint density at radius 2 is 2.08 bits per heavy atom. The molecule has 128 valence electrons. The molecule has 2 atom stereocenters. The minimum atomic E-state index is 0.232. The molecule has 5 heteroatoms. The third-order valence-electron chi connectivity index (χ3n) is 5.45. The van der Waals surface area contributed by atoms with Crippen molar-refractivity contribution in [1.82, 2.24) is 14.8 Å². The molecule has 2 bridgehead atoms. The largest absolute Gasteiger partial charge is 0.379 e. The van der Waals surface area contributed by atoms with E-state index >= 15 is 0 Å². The van der Waals surface area contributed by atoms with Gasteiger partial charge in [-0.1, -0.05) is 18.2 Å². The Morgan fingerprint density at radius 1 is 1.25 bits per heavy atom. The van der Waals surface area contributed by atoms with E-state index in [2.05, 4.69) is 40.9 Å². The smallest absolute Gasteiger partial charge is 0.227 e. The van der Waals surface area contributed by atoms with Gasteiger partial charge in [-0.25, -0.2) is 0 Å². The summed E-state index contributed by atoms with van der Waals surface area (Å²) in [4.78, 5) is 20.8. The number of hydrogen-bond donors (Lipinski definition) is 1. The van der Waals surface area contributed by atoms with Gasteiger partial charge in [-0.3, -0.25) is 9.69 Å². The summed E-state index contributed by atoms with van der Waals surface area (Å²) in [6.07, 6.45) is 0.472. The highest BCUT2D eigenvalue weighted by Gasteiger charge is 2.33. The molecule has 1 aromatic carbocycles. The number of aryl methyl sites for hydroxylation is 1. The zero-order valence-corrected chi connectivity index (χ0v) is 14.4. The molecule has 2 aromatic rings. The van der Waals surface area contributed by atoms with E-state index in [-0.39, 0.29) is 5.91 Å². The topological polar surface area (TPSA) is 48.6 Å². The molecule has 1 aromatic heterocycles. The van der Waals surface area contributed by atoms with Crippen LogP contribution in [0.1, 0.15) is 11.3 Å². The minimum absolute atomic E-state index is 0.232. The lowest BCUT2D eigenvalue weighted by molar-refractivity contribution is -0.132. The molecule has 4 rings (SSSR count). The van der Waals surface area contributed by atoms with Gasteiger partial charge in [-0.15, -0.1) is 0 Å². The van der Waals surface area contributed by atoms with Crippen LogP contribution in [0.4, 0.5) is 0 Å². The molecule has 1 N–H and O–H groups in total. The maximum absolute atomic E-state index is 13.0. The molecule has 0 unspecified atom stereocenters. The van der Waals surface area contributed by atoms with Crippen LogP contribution in [0.2, 0.25) is 0 Å². The Labute approximate surface area is 142 Å². The number of para-hydroxylation sites is 1. The van der Waals surface area contributed by atoms with Crippen molar-refractivity contribution in [2.45, 2.75) is 19.4 Å². The highest BCUT2D eigenvalue weighted by atomic mass is 16.5. The summed E-state index contributed by atoms with van der Waals surface area (Å²) in [5, 5.41) is 1.17. The number of amides is 1. The molecule has 2 fully saturated rings. The number of ether oxygens (including phenoxy) is 1. The molecule has 2 aliphatic heterocycles. The number of carbonyl (C=O) groups is 1. The van der Waals surface area contributed by atoms with E-state index in [4.69, 9.17) is 4.74 Å². The molecule has 0 aliphatic carbocycles. The van der Waals surface area contributed by atoms with Gasteiger partial charge in [0.25, 0.3) is 0 Å². The van der Waals surface area contributed by atoms with Gasteiger partial charge in [0.2, 0.25) is 5.91 Å². The predicted molar refractivity (Wildman–Crippen MR) is 94.0 cm³/mol. The summed E-state index contributed by atoms with van der Waals surface area (Å²) in [7, 11) is 2.14. The number of nitrogens with zero attached hydrogens (tertiary/aromatic N) is 2. The first-order valence-electron chi connectivity index (χ1n) is 8.73. The lowest BCUT2D eigenvalue weighted by Crippen LogP contribution is -2.45. The average molecular weight is 327 g/mol. The number of rotatable bonds is 2. The van der Waals surface area contributed by atoms with E-state index in [9.17, 15) is 4.79 Å². The van der Waals surface area contributed by atoms with Crippen LogP contribution >= 0.6 is 0 Å². The summed E-state index contributed by atoms with van der Waals surface area (Å²) in [6.45, 7) is 6.13. The number of aromatic amines is 1. The zero-order valence-electron chi connectivity index (χ0n) is 14.4. The Hall–Kier alpha value is -1.85. The number of carbonyl (C=O) groups excluding carboxylic acids is 1. The number of hydrogen-bond acceptors (Lipinski definition) is 3. The number of benzene rings is 1.